The zero-order valence-corrected chi connectivity index (χ0v) is 19.4. The minimum atomic E-state index is -4.51. The fourth-order valence-corrected chi connectivity index (χ4v) is 4.18. The maximum Gasteiger partial charge on any atom is 0.416 e. The van der Waals surface area contributed by atoms with Gasteiger partial charge in [-0.1, -0.05) is 0 Å². The first kappa shape index (κ1) is 24.9. The first-order valence-corrected chi connectivity index (χ1v) is 11.5. The highest BCUT2D eigenvalue weighted by Crippen LogP contribution is 2.34. The van der Waals surface area contributed by atoms with Crippen LogP contribution in [0, 0.1) is 11.6 Å². The Morgan fingerprint density at radius 1 is 0.973 bits per heavy atom. The van der Waals surface area contributed by atoms with Crippen LogP contribution in [0.4, 0.5) is 27.9 Å². The maximum atomic E-state index is 14.4. The molecular formula is C25H21F5N4O3. The normalized spacial score (nSPS) is 15.9. The van der Waals surface area contributed by atoms with E-state index in [9.17, 15) is 26.7 Å². The van der Waals surface area contributed by atoms with E-state index < -0.39 is 29.3 Å². The first-order chi connectivity index (χ1) is 17.7. The first-order valence-electron chi connectivity index (χ1n) is 11.5. The number of anilines is 1. The van der Waals surface area contributed by atoms with Gasteiger partial charge in [-0.15, -0.1) is 0 Å². The second-order valence-electron chi connectivity index (χ2n) is 8.58. The largest absolute Gasteiger partial charge is 0.435 e. The van der Waals surface area contributed by atoms with Crippen molar-refractivity contribution < 1.29 is 36.2 Å². The van der Waals surface area contributed by atoms with Gasteiger partial charge in [-0.05, 0) is 36.4 Å². The molecule has 37 heavy (non-hydrogen) atoms. The van der Waals surface area contributed by atoms with Gasteiger partial charge in [0, 0.05) is 37.7 Å². The Hall–Kier alpha value is -3.80. The molecule has 3 heterocycles. The molecule has 2 aliphatic heterocycles. The third-order valence-corrected chi connectivity index (χ3v) is 6.15. The number of nitrogens with zero attached hydrogens (tertiary/aromatic N) is 4. The maximum absolute atomic E-state index is 14.4. The van der Waals surface area contributed by atoms with Crippen LogP contribution in [0.3, 0.4) is 0 Å². The fraction of sp³-hybridized carbons (Fsp3) is 0.320. The summed E-state index contributed by atoms with van der Waals surface area (Å²) in [6.07, 6.45) is -4.19. The van der Waals surface area contributed by atoms with Crippen molar-refractivity contribution in [3.63, 3.8) is 0 Å². The third kappa shape index (κ3) is 5.33. The Labute approximate surface area is 208 Å². The molecule has 1 fully saturated rings. The Morgan fingerprint density at radius 2 is 1.70 bits per heavy atom. The van der Waals surface area contributed by atoms with Gasteiger partial charge in [-0.3, -0.25) is 4.79 Å². The molecule has 7 nitrogen and oxygen atoms in total. The highest BCUT2D eigenvalue weighted by molar-refractivity contribution is 5.94. The lowest BCUT2D eigenvalue weighted by molar-refractivity contribution is -0.137. The van der Waals surface area contributed by atoms with Crippen molar-refractivity contribution >= 4 is 11.9 Å². The number of ether oxygens (including phenoxy) is 2. The Kier molecular flexibility index (Phi) is 6.67. The zero-order valence-electron chi connectivity index (χ0n) is 19.4. The highest BCUT2D eigenvalue weighted by atomic mass is 19.4. The fourth-order valence-electron chi connectivity index (χ4n) is 4.18. The van der Waals surface area contributed by atoms with E-state index in [2.05, 4.69) is 9.97 Å². The third-order valence-electron chi connectivity index (χ3n) is 6.15. The van der Waals surface area contributed by atoms with Gasteiger partial charge in [0.05, 0.1) is 36.6 Å². The number of hydrogen-bond donors (Lipinski definition) is 0. The van der Waals surface area contributed by atoms with E-state index in [1.165, 1.54) is 4.90 Å². The molecule has 1 saturated heterocycles. The molecule has 0 saturated carbocycles. The molecule has 0 aliphatic carbocycles. The molecule has 1 amide bonds. The van der Waals surface area contributed by atoms with Crippen LogP contribution in [0.5, 0.6) is 11.6 Å². The molecule has 0 N–H and O–H groups in total. The number of benzene rings is 2. The molecule has 0 unspecified atom stereocenters. The van der Waals surface area contributed by atoms with Crippen LogP contribution in [-0.4, -0.2) is 53.6 Å². The monoisotopic (exact) mass is 520 g/mol. The number of alkyl halides is 3. The van der Waals surface area contributed by atoms with Gasteiger partial charge in [-0.25, -0.2) is 13.8 Å². The lowest BCUT2D eigenvalue weighted by Gasteiger charge is -2.32. The molecule has 1 aromatic heterocycles. The standard InChI is InChI=1S/C25H21F5N4O3/c26-17-5-6-21(19(27)13-17)37-22-18-14-34(23(35)15-1-3-16(4-2-15)25(28,29)30)8-7-20(18)31-24(32-22)33-9-11-36-12-10-33/h1-6,13H,7-12,14H2. The highest BCUT2D eigenvalue weighted by Gasteiger charge is 2.32. The SMILES string of the molecule is O=C(c1ccc(C(F)(F)F)cc1)N1CCc2nc(N3CCOCC3)nc(Oc3ccc(F)cc3F)c2C1. The van der Waals surface area contributed by atoms with Crippen LogP contribution in [0.2, 0.25) is 0 Å². The van der Waals surface area contributed by atoms with E-state index in [4.69, 9.17) is 9.47 Å². The number of rotatable bonds is 4. The summed E-state index contributed by atoms with van der Waals surface area (Å²) in [5.74, 6) is -2.04. The van der Waals surface area contributed by atoms with Crippen molar-refractivity contribution in [2.75, 3.05) is 37.7 Å². The van der Waals surface area contributed by atoms with Crippen molar-refractivity contribution in [3.8, 4) is 11.6 Å². The number of fused-ring (bicyclic) bond motifs is 1. The summed E-state index contributed by atoms with van der Waals surface area (Å²) in [5, 5.41) is 0. The lowest BCUT2D eigenvalue weighted by Crippen LogP contribution is -2.39. The van der Waals surface area contributed by atoms with Crippen LogP contribution < -0.4 is 9.64 Å². The molecule has 2 aliphatic rings. The molecule has 3 aromatic rings. The quantitative estimate of drug-likeness (QED) is 0.469. The predicted molar refractivity (Wildman–Crippen MR) is 121 cm³/mol. The van der Waals surface area contributed by atoms with Crippen LogP contribution in [0.1, 0.15) is 27.2 Å². The summed E-state index contributed by atoms with van der Waals surface area (Å²) in [6.45, 7) is 2.31. The average molecular weight is 520 g/mol. The Balaban J connectivity index is 1.46. The number of halogens is 5. The molecule has 0 radical (unpaired) electrons. The van der Waals surface area contributed by atoms with Crippen LogP contribution in [-0.2, 0) is 23.9 Å². The summed E-state index contributed by atoms with van der Waals surface area (Å²) in [7, 11) is 0. The van der Waals surface area contributed by atoms with Crippen molar-refractivity contribution in [2.45, 2.75) is 19.1 Å². The second-order valence-corrected chi connectivity index (χ2v) is 8.58. The van der Waals surface area contributed by atoms with Crippen LogP contribution in [0.25, 0.3) is 0 Å². The zero-order chi connectivity index (χ0) is 26.2. The summed E-state index contributed by atoms with van der Waals surface area (Å²) in [5.41, 5.74) is 0.279. The molecule has 0 spiro atoms. The molecule has 2 aromatic carbocycles. The molecule has 12 heteroatoms. The summed E-state index contributed by atoms with van der Waals surface area (Å²) < 4.78 is 77.6. The number of morpholine rings is 1. The van der Waals surface area contributed by atoms with Gasteiger partial charge >= 0.3 is 6.18 Å². The number of amides is 1. The van der Waals surface area contributed by atoms with Crippen molar-refractivity contribution in [1.82, 2.24) is 14.9 Å². The van der Waals surface area contributed by atoms with Crippen LogP contribution >= 0.6 is 0 Å². The Bertz CT molecular complexity index is 1310. The minimum absolute atomic E-state index is 0.00325. The van der Waals surface area contributed by atoms with Gasteiger partial charge in [0.15, 0.2) is 11.6 Å². The van der Waals surface area contributed by atoms with Gasteiger partial charge in [-0.2, -0.15) is 18.2 Å². The number of carbonyl (C=O) groups is 1. The number of hydrogen-bond acceptors (Lipinski definition) is 6. The predicted octanol–water partition coefficient (Wildman–Crippen LogP) is 4.60. The average Bonchev–Trinajstić information content (AvgIpc) is 2.89. The Morgan fingerprint density at radius 3 is 2.38 bits per heavy atom. The van der Waals surface area contributed by atoms with Crippen LogP contribution in [0.15, 0.2) is 42.5 Å². The van der Waals surface area contributed by atoms with Crippen molar-refractivity contribution in [3.05, 3.63) is 76.5 Å². The van der Waals surface area contributed by atoms with E-state index in [-0.39, 0.29) is 30.3 Å². The summed E-state index contributed by atoms with van der Waals surface area (Å²) in [4.78, 5) is 25.6. The molecule has 0 bridgehead atoms. The van der Waals surface area contributed by atoms with Gasteiger partial charge in [0.1, 0.15) is 5.82 Å². The van der Waals surface area contributed by atoms with E-state index in [0.29, 0.717) is 56.0 Å². The molecule has 0 atom stereocenters. The molecule has 5 rings (SSSR count). The number of carbonyl (C=O) groups excluding carboxylic acids is 1. The smallest absolute Gasteiger partial charge is 0.416 e. The number of aromatic nitrogens is 2. The van der Waals surface area contributed by atoms with E-state index in [0.717, 1.165) is 36.4 Å². The lowest BCUT2D eigenvalue weighted by atomic mass is 10.0. The van der Waals surface area contributed by atoms with Gasteiger partial charge in [0.2, 0.25) is 11.8 Å². The minimum Gasteiger partial charge on any atom is -0.435 e. The summed E-state index contributed by atoms with van der Waals surface area (Å²) in [6, 6.07) is 6.85. The summed E-state index contributed by atoms with van der Waals surface area (Å²) >= 11 is 0. The van der Waals surface area contributed by atoms with Gasteiger partial charge < -0.3 is 19.3 Å². The van der Waals surface area contributed by atoms with E-state index in [1.54, 1.807) is 0 Å². The van der Waals surface area contributed by atoms with Gasteiger partial charge in [0.25, 0.3) is 5.91 Å². The second kappa shape index (κ2) is 9.92. The van der Waals surface area contributed by atoms with Crippen molar-refractivity contribution in [2.24, 2.45) is 0 Å². The van der Waals surface area contributed by atoms with E-state index >= 15 is 0 Å². The molecular weight excluding hydrogens is 499 g/mol. The van der Waals surface area contributed by atoms with E-state index in [1.807, 2.05) is 4.90 Å². The topological polar surface area (TPSA) is 67.8 Å². The molecule has 194 valence electrons. The van der Waals surface area contributed by atoms with Crippen molar-refractivity contribution in [1.29, 1.82) is 0 Å².